The SMILES string of the molecule is COc1cc(C(=O)N[C@H](CCSC)C(=O)OCC(=O)N2CC(=O)Nc3ccccc32)cc(OC)c1OC. The predicted octanol–water partition coefficient (Wildman–Crippen LogP) is 2.09. The molecule has 1 atom stereocenters. The Balaban J connectivity index is 1.71. The van der Waals surface area contributed by atoms with Crippen LogP contribution in [-0.2, 0) is 19.1 Å². The van der Waals surface area contributed by atoms with E-state index in [0.29, 0.717) is 22.9 Å². The number of carbonyl (C=O) groups excluding carboxylic acids is 4. The lowest BCUT2D eigenvalue weighted by Crippen LogP contribution is -2.46. The van der Waals surface area contributed by atoms with Crippen LogP contribution >= 0.6 is 11.8 Å². The summed E-state index contributed by atoms with van der Waals surface area (Å²) < 4.78 is 21.1. The third-order valence-electron chi connectivity index (χ3n) is 5.54. The van der Waals surface area contributed by atoms with E-state index in [1.807, 2.05) is 6.26 Å². The van der Waals surface area contributed by atoms with Gasteiger partial charge in [0.25, 0.3) is 11.8 Å². The van der Waals surface area contributed by atoms with Crippen molar-refractivity contribution in [2.45, 2.75) is 12.5 Å². The Hall–Kier alpha value is -3.93. The number of amides is 3. The summed E-state index contributed by atoms with van der Waals surface area (Å²) in [5.74, 6) is -0.787. The van der Waals surface area contributed by atoms with Gasteiger partial charge in [0.2, 0.25) is 11.7 Å². The predicted molar refractivity (Wildman–Crippen MR) is 139 cm³/mol. The molecule has 2 N–H and O–H groups in total. The molecule has 3 rings (SSSR count). The van der Waals surface area contributed by atoms with E-state index >= 15 is 0 Å². The van der Waals surface area contributed by atoms with Crippen LogP contribution in [0.1, 0.15) is 16.8 Å². The normalized spacial score (nSPS) is 13.1. The van der Waals surface area contributed by atoms with Crippen molar-refractivity contribution in [1.29, 1.82) is 0 Å². The van der Waals surface area contributed by atoms with Gasteiger partial charge in [0.15, 0.2) is 18.1 Å². The highest BCUT2D eigenvalue weighted by Gasteiger charge is 2.29. The summed E-state index contributed by atoms with van der Waals surface area (Å²) in [5.41, 5.74) is 1.19. The Bertz CT molecular complexity index is 1150. The Kier molecular flexibility index (Phi) is 9.61. The fourth-order valence-corrected chi connectivity index (χ4v) is 4.18. The molecule has 0 radical (unpaired) electrons. The van der Waals surface area contributed by atoms with Crippen LogP contribution in [0.15, 0.2) is 36.4 Å². The molecule has 2 aromatic rings. The molecule has 12 heteroatoms. The standard InChI is InChI=1S/C25H29N3O8S/c1-33-19-11-15(12-20(34-2)23(19)35-3)24(31)27-17(9-10-37-4)25(32)36-14-22(30)28-13-21(29)26-16-7-5-6-8-18(16)28/h5-8,11-12,17H,9-10,13-14H2,1-4H3,(H,26,29)(H,27,31)/t17-/m1/s1. The number of methoxy groups -OCH3 is 3. The smallest absolute Gasteiger partial charge is 0.329 e. The van der Waals surface area contributed by atoms with Crippen molar-refractivity contribution in [3.05, 3.63) is 42.0 Å². The molecular weight excluding hydrogens is 502 g/mol. The summed E-state index contributed by atoms with van der Waals surface area (Å²) in [6.07, 6.45) is 2.14. The number of nitrogens with one attached hydrogen (secondary N) is 2. The van der Waals surface area contributed by atoms with Gasteiger partial charge in [-0.15, -0.1) is 0 Å². The maximum atomic E-state index is 13.0. The Labute approximate surface area is 218 Å². The minimum Gasteiger partial charge on any atom is -0.493 e. The first-order valence-corrected chi connectivity index (χ1v) is 12.7. The second-order valence-electron chi connectivity index (χ2n) is 7.87. The fraction of sp³-hybridized carbons (Fsp3) is 0.360. The largest absolute Gasteiger partial charge is 0.493 e. The lowest BCUT2D eigenvalue weighted by molar-refractivity contribution is -0.149. The molecule has 1 aliphatic rings. The molecule has 0 saturated heterocycles. The minimum absolute atomic E-state index is 0.184. The third-order valence-corrected chi connectivity index (χ3v) is 6.18. The highest BCUT2D eigenvalue weighted by atomic mass is 32.2. The molecule has 0 aromatic heterocycles. The number of rotatable bonds is 11. The van der Waals surface area contributed by atoms with Gasteiger partial charge in [-0.2, -0.15) is 11.8 Å². The van der Waals surface area contributed by atoms with E-state index in [2.05, 4.69) is 10.6 Å². The monoisotopic (exact) mass is 531 g/mol. The van der Waals surface area contributed by atoms with Crippen molar-refractivity contribution in [1.82, 2.24) is 5.32 Å². The van der Waals surface area contributed by atoms with E-state index in [4.69, 9.17) is 18.9 Å². The van der Waals surface area contributed by atoms with Gasteiger partial charge in [-0.25, -0.2) is 4.79 Å². The summed E-state index contributed by atoms with van der Waals surface area (Å²) in [5, 5.41) is 5.36. The molecule has 0 fully saturated rings. The molecule has 0 saturated carbocycles. The summed E-state index contributed by atoms with van der Waals surface area (Å²) in [6.45, 7) is -0.780. The maximum Gasteiger partial charge on any atom is 0.329 e. The molecule has 37 heavy (non-hydrogen) atoms. The first kappa shape index (κ1) is 27.7. The second kappa shape index (κ2) is 12.9. The highest BCUT2D eigenvalue weighted by molar-refractivity contribution is 7.98. The number of fused-ring (bicyclic) bond motifs is 1. The van der Waals surface area contributed by atoms with Crippen LogP contribution in [0.5, 0.6) is 17.2 Å². The van der Waals surface area contributed by atoms with E-state index in [1.54, 1.807) is 24.3 Å². The van der Waals surface area contributed by atoms with Crippen molar-refractivity contribution in [3.63, 3.8) is 0 Å². The zero-order chi connectivity index (χ0) is 26.9. The van der Waals surface area contributed by atoms with E-state index in [1.165, 1.54) is 50.1 Å². The van der Waals surface area contributed by atoms with Gasteiger partial charge in [0.1, 0.15) is 12.6 Å². The third kappa shape index (κ3) is 6.64. The second-order valence-corrected chi connectivity index (χ2v) is 8.86. The molecule has 11 nitrogen and oxygen atoms in total. The van der Waals surface area contributed by atoms with Crippen LogP contribution in [0, 0.1) is 0 Å². The van der Waals surface area contributed by atoms with E-state index in [0.717, 1.165) is 0 Å². The lowest BCUT2D eigenvalue weighted by atomic mass is 10.1. The fourth-order valence-electron chi connectivity index (χ4n) is 3.71. The van der Waals surface area contributed by atoms with Crippen molar-refractivity contribution in [2.75, 3.05) is 56.7 Å². The lowest BCUT2D eigenvalue weighted by Gasteiger charge is -2.29. The van der Waals surface area contributed by atoms with E-state index in [-0.39, 0.29) is 35.9 Å². The Morgan fingerprint density at radius 1 is 1.08 bits per heavy atom. The zero-order valence-electron chi connectivity index (χ0n) is 21.0. The minimum atomic E-state index is -1.01. The number of hydrogen-bond donors (Lipinski definition) is 2. The Morgan fingerprint density at radius 2 is 1.76 bits per heavy atom. The van der Waals surface area contributed by atoms with Gasteiger partial charge in [-0.3, -0.25) is 19.3 Å². The average molecular weight is 532 g/mol. The van der Waals surface area contributed by atoms with Crippen molar-refractivity contribution < 1.29 is 38.1 Å². The van der Waals surface area contributed by atoms with Crippen LogP contribution in [0.3, 0.4) is 0 Å². The highest BCUT2D eigenvalue weighted by Crippen LogP contribution is 2.38. The quantitative estimate of drug-likeness (QED) is 0.418. The van der Waals surface area contributed by atoms with Crippen molar-refractivity contribution in [3.8, 4) is 17.2 Å². The van der Waals surface area contributed by atoms with E-state index in [9.17, 15) is 19.2 Å². The van der Waals surface area contributed by atoms with Crippen LogP contribution < -0.4 is 29.7 Å². The molecule has 3 amide bonds. The number of anilines is 2. The molecule has 0 spiro atoms. The average Bonchev–Trinajstić information content (AvgIpc) is 2.91. The maximum absolute atomic E-state index is 13.0. The van der Waals surface area contributed by atoms with Crippen LogP contribution in [0.4, 0.5) is 11.4 Å². The topological polar surface area (TPSA) is 132 Å². The summed E-state index contributed by atoms with van der Waals surface area (Å²) in [6, 6.07) is 8.76. The van der Waals surface area contributed by atoms with Gasteiger partial charge in [-0.05, 0) is 42.7 Å². The number of carbonyl (C=O) groups is 4. The summed E-state index contributed by atoms with van der Waals surface area (Å²) >= 11 is 1.49. The van der Waals surface area contributed by atoms with Gasteiger partial charge < -0.3 is 29.6 Å². The number of ether oxygens (including phenoxy) is 4. The van der Waals surface area contributed by atoms with Gasteiger partial charge in [-0.1, -0.05) is 12.1 Å². The summed E-state index contributed by atoms with van der Waals surface area (Å²) in [7, 11) is 4.31. The molecular formula is C25H29N3O8S. The Morgan fingerprint density at radius 3 is 2.38 bits per heavy atom. The van der Waals surface area contributed by atoms with Crippen molar-refractivity contribution >= 4 is 46.8 Å². The number of thioether (sulfide) groups is 1. The molecule has 1 heterocycles. The zero-order valence-corrected chi connectivity index (χ0v) is 21.8. The molecule has 0 aliphatic carbocycles. The number of esters is 1. The number of hydrogen-bond acceptors (Lipinski definition) is 9. The molecule has 2 aromatic carbocycles. The van der Waals surface area contributed by atoms with Crippen molar-refractivity contribution in [2.24, 2.45) is 0 Å². The van der Waals surface area contributed by atoms with Gasteiger partial charge >= 0.3 is 5.97 Å². The van der Waals surface area contributed by atoms with Crippen LogP contribution in [0.25, 0.3) is 0 Å². The van der Waals surface area contributed by atoms with E-state index < -0.39 is 30.4 Å². The van der Waals surface area contributed by atoms with Crippen LogP contribution in [-0.4, -0.2) is 76.2 Å². The molecule has 1 aliphatic heterocycles. The number of benzene rings is 2. The summed E-state index contributed by atoms with van der Waals surface area (Å²) in [4.78, 5) is 52.0. The number of nitrogens with zero attached hydrogens (tertiary/aromatic N) is 1. The van der Waals surface area contributed by atoms with Gasteiger partial charge in [0.05, 0.1) is 32.7 Å². The molecule has 0 unspecified atom stereocenters. The number of para-hydroxylation sites is 2. The van der Waals surface area contributed by atoms with Crippen LogP contribution in [0.2, 0.25) is 0 Å². The molecule has 0 bridgehead atoms. The van der Waals surface area contributed by atoms with Gasteiger partial charge in [0, 0.05) is 5.56 Å². The molecule has 198 valence electrons. The first-order valence-electron chi connectivity index (χ1n) is 11.3. The first-order chi connectivity index (χ1) is 17.8.